The molecule has 0 aliphatic rings. The normalized spacial score (nSPS) is 12.8. The van der Waals surface area contributed by atoms with Gasteiger partial charge in [0.25, 0.3) is 0 Å². The summed E-state index contributed by atoms with van der Waals surface area (Å²) in [7, 11) is -4.07. The van der Waals surface area contributed by atoms with Crippen LogP contribution in [0.1, 0.15) is 142 Å². The van der Waals surface area contributed by atoms with Crippen molar-refractivity contribution in [3.05, 3.63) is 0 Å². The van der Waals surface area contributed by atoms with Crippen molar-refractivity contribution in [3.63, 3.8) is 0 Å². The summed E-state index contributed by atoms with van der Waals surface area (Å²) in [6.07, 6.45) is 20.6. The largest absolute Gasteiger partial charge is 0.462 e. The van der Waals surface area contributed by atoms with Gasteiger partial charge < -0.3 is 39.8 Å². The molecule has 1 amide bonds. The van der Waals surface area contributed by atoms with E-state index in [1.165, 1.54) is 88.8 Å². The van der Waals surface area contributed by atoms with Crippen LogP contribution in [0.4, 0.5) is 0 Å². The number of rotatable bonds is 37. The smallest absolute Gasteiger partial charge is 0.327 e. The zero-order valence-electron chi connectivity index (χ0n) is 31.3. The molecule has 0 spiro atoms. The number of carbonyl (C=O) groups excluding carboxylic acids is 3. The lowest BCUT2D eigenvalue weighted by atomic mass is 10.1. The summed E-state index contributed by atoms with van der Waals surface area (Å²) in [6.45, 7) is 5.24. The lowest BCUT2D eigenvalue weighted by Crippen LogP contribution is -2.43. The number of esters is 2. The predicted octanol–water partition coefficient (Wildman–Crippen LogP) is 6.67. The van der Waals surface area contributed by atoms with Crippen LogP contribution in [0.3, 0.4) is 0 Å². The summed E-state index contributed by atoms with van der Waals surface area (Å²) in [5, 5.41) is 2.71. The number of ether oxygens (including phenoxy) is 4. The van der Waals surface area contributed by atoms with Gasteiger partial charge in [-0.05, 0) is 12.8 Å². The standard InChI is InChI=1S/C36H71N2O10PS/c1-3-5-7-9-11-13-15-17-19-21-34(39)47-29-32(48-35(40)22-20-18-16-14-12-10-8-6-4-2)30-50-31-33(37)36(41)38-23-24-45-25-26-46-27-28-49(42,43)44/h32-33H,3-31,37H2,1-2H3,(H,38,41)(H2,42,43,44)/t32-,33-/m1/s1. The van der Waals surface area contributed by atoms with Crippen molar-refractivity contribution < 1.29 is 47.7 Å². The van der Waals surface area contributed by atoms with E-state index in [1.807, 2.05) is 0 Å². The zero-order chi connectivity index (χ0) is 37.1. The predicted molar refractivity (Wildman–Crippen MR) is 201 cm³/mol. The lowest BCUT2D eigenvalue weighted by molar-refractivity contribution is -0.157. The first-order valence-corrected chi connectivity index (χ1v) is 22.2. The Morgan fingerprint density at radius 3 is 1.68 bits per heavy atom. The highest BCUT2D eigenvalue weighted by molar-refractivity contribution is 7.99. The quantitative estimate of drug-likeness (QED) is 0.0301. The van der Waals surface area contributed by atoms with Gasteiger partial charge in [-0.1, -0.05) is 117 Å². The average Bonchev–Trinajstić information content (AvgIpc) is 3.07. The minimum absolute atomic E-state index is 0.0193. The number of nitrogens with one attached hydrogen (secondary N) is 1. The number of nitrogens with two attached hydrogens (primary N) is 1. The fourth-order valence-corrected chi connectivity index (χ4v) is 6.40. The van der Waals surface area contributed by atoms with E-state index in [4.69, 9.17) is 34.5 Å². The summed E-state index contributed by atoms with van der Waals surface area (Å²) >= 11 is 1.37. The maximum absolute atomic E-state index is 12.6. The second-order valence-electron chi connectivity index (χ2n) is 13.0. The molecule has 2 atom stereocenters. The second kappa shape index (κ2) is 34.9. The Morgan fingerprint density at radius 2 is 1.16 bits per heavy atom. The highest BCUT2D eigenvalue weighted by Crippen LogP contribution is 2.33. The lowest BCUT2D eigenvalue weighted by Gasteiger charge is -2.19. The molecular formula is C36H71N2O10PS. The molecule has 12 nitrogen and oxygen atoms in total. The van der Waals surface area contributed by atoms with Crippen LogP contribution in [0.2, 0.25) is 0 Å². The zero-order valence-corrected chi connectivity index (χ0v) is 33.0. The molecule has 5 N–H and O–H groups in total. The van der Waals surface area contributed by atoms with Crippen LogP contribution in [0.15, 0.2) is 0 Å². The number of unbranched alkanes of at least 4 members (excludes halogenated alkanes) is 16. The summed E-state index contributed by atoms with van der Waals surface area (Å²) in [6, 6.07) is -0.788. The minimum Gasteiger partial charge on any atom is -0.462 e. The van der Waals surface area contributed by atoms with Crippen molar-refractivity contribution in [2.24, 2.45) is 5.73 Å². The summed E-state index contributed by atoms with van der Waals surface area (Å²) in [5.41, 5.74) is 6.07. The monoisotopic (exact) mass is 754 g/mol. The number of hydrogen-bond donors (Lipinski definition) is 4. The summed E-state index contributed by atoms with van der Waals surface area (Å²) < 4.78 is 32.4. The molecule has 0 aliphatic carbocycles. The van der Waals surface area contributed by atoms with Gasteiger partial charge in [0.1, 0.15) is 12.7 Å². The Kier molecular flexibility index (Phi) is 34.0. The van der Waals surface area contributed by atoms with Crippen molar-refractivity contribution in [1.82, 2.24) is 5.32 Å². The number of thioether (sulfide) groups is 1. The fraction of sp³-hybridized carbons (Fsp3) is 0.917. The van der Waals surface area contributed by atoms with Gasteiger partial charge in [0.2, 0.25) is 5.91 Å². The van der Waals surface area contributed by atoms with E-state index in [0.717, 1.165) is 38.5 Å². The van der Waals surface area contributed by atoms with Crippen molar-refractivity contribution in [3.8, 4) is 0 Å². The molecule has 0 fully saturated rings. The molecule has 0 saturated heterocycles. The molecule has 0 aliphatic heterocycles. The van der Waals surface area contributed by atoms with Gasteiger partial charge in [-0.25, -0.2) is 0 Å². The Hall–Kier alpha value is -1.21. The van der Waals surface area contributed by atoms with Crippen molar-refractivity contribution in [2.45, 2.75) is 154 Å². The first-order chi connectivity index (χ1) is 24.1. The SMILES string of the molecule is CCCCCCCCCCCC(=O)OC[C@H](CSC[C@@H](N)C(=O)NCCOCCOCCP(=O)(O)O)OC(=O)CCCCCCCCCCC. The topological polar surface area (TPSA) is 184 Å². The van der Waals surface area contributed by atoms with E-state index >= 15 is 0 Å². The van der Waals surface area contributed by atoms with Crippen molar-refractivity contribution in [2.75, 3.05) is 57.2 Å². The fourth-order valence-electron chi connectivity index (χ4n) is 5.06. The molecule has 0 unspecified atom stereocenters. The van der Waals surface area contributed by atoms with E-state index in [1.54, 1.807) is 0 Å². The van der Waals surface area contributed by atoms with Gasteiger partial charge in [-0.15, -0.1) is 0 Å². The van der Waals surface area contributed by atoms with E-state index in [2.05, 4.69) is 19.2 Å². The van der Waals surface area contributed by atoms with Gasteiger partial charge in [0.05, 0.1) is 38.6 Å². The third kappa shape index (κ3) is 35.2. The molecule has 0 rings (SSSR count). The average molecular weight is 755 g/mol. The van der Waals surface area contributed by atoms with E-state index < -0.39 is 19.7 Å². The molecule has 0 bridgehead atoms. The molecule has 50 heavy (non-hydrogen) atoms. The maximum atomic E-state index is 12.6. The number of amides is 1. The van der Waals surface area contributed by atoms with Crippen LogP contribution < -0.4 is 11.1 Å². The Bertz CT molecular complexity index is 880. The Balaban J connectivity index is 4.44. The van der Waals surface area contributed by atoms with Crippen LogP contribution in [-0.4, -0.2) is 97.0 Å². The van der Waals surface area contributed by atoms with Gasteiger partial charge in [-0.3, -0.25) is 18.9 Å². The molecule has 0 saturated carbocycles. The maximum Gasteiger partial charge on any atom is 0.327 e. The molecule has 0 heterocycles. The van der Waals surface area contributed by atoms with Crippen LogP contribution in [-0.2, 0) is 37.9 Å². The third-order valence-electron chi connectivity index (χ3n) is 8.08. The second-order valence-corrected chi connectivity index (χ2v) is 15.9. The van der Waals surface area contributed by atoms with E-state index in [0.29, 0.717) is 24.3 Å². The highest BCUT2D eigenvalue weighted by Gasteiger charge is 2.20. The molecular weight excluding hydrogens is 683 g/mol. The minimum atomic E-state index is -4.07. The Morgan fingerprint density at radius 1 is 0.680 bits per heavy atom. The molecule has 296 valence electrons. The van der Waals surface area contributed by atoms with Gasteiger partial charge in [-0.2, -0.15) is 11.8 Å². The first-order valence-electron chi connectivity index (χ1n) is 19.2. The van der Waals surface area contributed by atoms with Crippen LogP contribution in [0, 0.1) is 0 Å². The molecule has 14 heteroatoms. The van der Waals surface area contributed by atoms with Gasteiger partial charge in [0, 0.05) is 30.9 Å². The highest BCUT2D eigenvalue weighted by atomic mass is 32.2. The molecule has 0 radical (unpaired) electrons. The van der Waals surface area contributed by atoms with E-state index in [-0.39, 0.29) is 63.6 Å². The molecule has 0 aromatic carbocycles. The van der Waals surface area contributed by atoms with Crippen molar-refractivity contribution in [1.29, 1.82) is 0 Å². The van der Waals surface area contributed by atoms with Crippen molar-refractivity contribution >= 4 is 37.2 Å². The third-order valence-corrected chi connectivity index (χ3v) is 10.0. The number of hydrogen-bond acceptors (Lipinski definition) is 10. The first kappa shape index (κ1) is 48.8. The van der Waals surface area contributed by atoms with Gasteiger partial charge >= 0.3 is 19.5 Å². The molecule has 0 aromatic rings. The summed E-state index contributed by atoms with van der Waals surface area (Å²) in [5.74, 6) is -0.295. The molecule has 0 aromatic heterocycles. The van der Waals surface area contributed by atoms with Crippen LogP contribution in [0.5, 0.6) is 0 Å². The Labute approximate surface area is 307 Å². The number of carbonyl (C=O) groups is 3. The van der Waals surface area contributed by atoms with Crippen LogP contribution >= 0.6 is 19.4 Å². The van der Waals surface area contributed by atoms with Gasteiger partial charge in [0.15, 0.2) is 0 Å². The summed E-state index contributed by atoms with van der Waals surface area (Å²) in [4.78, 5) is 55.1. The van der Waals surface area contributed by atoms with E-state index in [9.17, 15) is 18.9 Å². The van der Waals surface area contributed by atoms with Crippen LogP contribution in [0.25, 0.3) is 0 Å².